The predicted molar refractivity (Wildman–Crippen MR) is 72.5 cm³/mol. The van der Waals surface area contributed by atoms with E-state index in [1.54, 1.807) is 0 Å². The molecule has 88 valence electrons. The largest absolute Gasteiger partial charge is 0.370 e. The predicted octanol–water partition coefficient (Wildman–Crippen LogP) is 2.56. The Kier molecular flexibility index (Phi) is 3.45. The van der Waals surface area contributed by atoms with Crippen LogP contribution in [0.5, 0.6) is 0 Å². The number of fused-ring (bicyclic) bond motifs is 1. The lowest BCUT2D eigenvalue weighted by atomic mass is 10.1. The molecule has 0 spiro atoms. The van der Waals surface area contributed by atoms with E-state index in [0.717, 1.165) is 18.7 Å². The van der Waals surface area contributed by atoms with Crippen molar-refractivity contribution in [1.82, 2.24) is 0 Å². The van der Waals surface area contributed by atoms with Crippen molar-refractivity contribution in [3.63, 3.8) is 0 Å². The van der Waals surface area contributed by atoms with Gasteiger partial charge in [-0.15, -0.1) is 11.8 Å². The van der Waals surface area contributed by atoms with E-state index in [-0.39, 0.29) is 0 Å². The van der Waals surface area contributed by atoms with Gasteiger partial charge in [-0.3, -0.25) is 0 Å². The van der Waals surface area contributed by atoms with E-state index in [1.807, 2.05) is 11.8 Å². The molecule has 0 bridgehead atoms. The van der Waals surface area contributed by atoms with E-state index in [0.29, 0.717) is 6.04 Å². The van der Waals surface area contributed by atoms with Crippen LogP contribution in [-0.4, -0.2) is 25.4 Å². The van der Waals surface area contributed by atoms with Crippen molar-refractivity contribution < 1.29 is 0 Å². The van der Waals surface area contributed by atoms with Gasteiger partial charge in [-0.2, -0.15) is 0 Å². The molecule has 3 heteroatoms. The van der Waals surface area contributed by atoms with E-state index >= 15 is 0 Å². The van der Waals surface area contributed by atoms with Gasteiger partial charge in [0.05, 0.1) is 5.69 Å². The van der Waals surface area contributed by atoms with Gasteiger partial charge in [-0.25, -0.2) is 0 Å². The highest BCUT2D eigenvalue weighted by Crippen LogP contribution is 2.40. The minimum Gasteiger partial charge on any atom is -0.370 e. The SMILES string of the molecule is Cc1cc(C)c2c(c1)SCC(CCN)N2C. The van der Waals surface area contributed by atoms with Gasteiger partial charge in [0.2, 0.25) is 0 Å². The quantitative estimate of drug-likeness (QED) is 0.855. The Balaban J connectivity index is 2.36. The highest BCUT2D eigenvalue weighted by Gasteiger charge is 2.24. The van der Waals surface area contributed by atoms with Gasteiger partial charge >= 0.3 is 0 Å². The summed E-state index contributed by atoms with van der Waals surface area (Å²) in [6.45, 7) is 5.14. The number of nitrogens with two attached hydrogens (primary N) is 1. The van der Waals surface area contributed by atoms with Crippen molar-refractivity contribution >= 4 is 17.4 Å². The molecule has 0 saturated heterocycles. The van der Waals surface area contributed by atoms with Crippen molar-refractivity contribution in [2.45, 2.75) is 31.2 Å². The van der Waals surface area contributed by atoms with Crippen LogP contribution >= 0.6 is 11.8 Å². The van der Waals surface area contributed by atoms with E-state index < -0.39 is 0 Å². The highest BCUT2D eigenvalue weighted by molar-refractivity contribution is 7.99. The minimum absolute atomic E-state index is 0.587. The molecular weight excluding hydrogens is 216 g/mol. The maximum atomic E-state index is 5.67. The molecule has 2 rings (SSSR count). The Morgan fingerprint density at radius 2 is 2.19 bits per heavy atom. The summed E-state index contributed by atoms with van der Waals surface area (Å²) in [5.74, 6) is 1.16. The Bertz CT molecular complexity index is 390. The van der Waals surface area contributed by atoms with Crippen molar-refractivity contribution in [1.29, 1.82) is 0 Å². The molecule has 1 aliphatic rings. The van der Waals surface area contributed by atoms with Crippen molar-refractivity contribution in [3.8, 4) is 0 Å². The van der Waals surface area contributed by atoms with E-state index in [9.17, 15) is 0 Å². The number of benzene rings is 1. The van der Waals surface area contributed by atoms with E-state index in [4.69, 9.17) is 5.73 Å². The molecule has 0 radical (unpaired) electrons. The second kappa shape index (κ2) is 4.68. The fourth-order valence-corrected chi connectivity index (χ4v) is 3.91. The Labute approximate surface area is 102 Å². The average molecular weight is 236 g/mol. The number of nitrogens with zero attached hydrogens (tertiary/aromatic N) is 1. The molecule has 1 heterocycles. The molecular formula is C13H20N2S. The molecule has 1 aromatic carbocycles. The zero-order valence-corrected chi connectivity index (χ0v) is 11.1. The average Bonchev–Trinajstić information content (AvgIpc) is 2.21. The van der Waals surface area contributed by atoms with Crippen molar-refractivity contribution in [3.05, 3.63) is 23.3 Å². The van der Waals surface area contributed by atoms with Crippen LogP contribution in [0.15, 0.2) is 17.0 Å². The topological polar surface area (TPSA) is 29.3 Å². The summed E-state index contributed by atoms with van der Waals surface area (Å²) < 4.78 is 0. The number of rotatable bonds is 2. The van der Waals surface area contributed by atoms with Crippen LogP contribution in [0.2, 0.25) is 0 Å². The lowest BCUT2D eigenvalue weighted by Crippen LogP contribution is -2.38. The third kappa shape index (κ3) is 2.06. The van der Waals surface area contributed by atoms with Crippen LogP contribution in [0.4, 0.5) is 5.69 Å². The zero-order valence-electron chi connectivity index (χ0n) is 10.3. The fourth-order valence-electron chi connectivity index (χ4n) is 2.43. The van der Waals surface area contributed by atoms with Gasteiger partial charge in [0, 0.05) is 23.7 Å². The van der Waals surface area contributed by atoms with E-state index in [1.165, 1.54) is 21.7 Å². The fraction of sp³-hybridized carbons (Fsp3) is 0.538. The first-order valence-corrected chi connectivity index (χ1v) is 6.79. The van der Waals surface area contributed by atoms with Crippen LogP contribution < -0.4 is 10.6 Å². The first-order chi connectivity index (χ1) is 7.63. The number of aryl methyl sites for hydroxylation is 2. The summed E-state index contributed by atoms with van der Waals surface area (Å²) >= 11 is 1.97. The monoisotopic (exact) mass is 236 g/mol. The molecule has 2 nitrogen and oxygen atoms in total. The second-order valence-electron chi connectivity index (χ2n) is 4.58. The van der Waals surface area contributed by atoms with Gasteiger partial charge in [-0.05, 0) is 44.0 Å². The zero-order chi connectivity index (χ0) is 11.7. The van der Waals surface area contributed by atoms with Gasteiger partial charge in [-0.1, -0.05) is 6.07 Å². The lowest BCUT2D eigenvalue weighted by molar-refractivity contribution is 0.632. The molecule has 16 heavy (non-hydrogen) atoms. The molecule has 2 N–H and O–H groups in total. The molecule has 0 fully saturated rings. The van der Waals surface area contributed by atoms with Gasteiger partial charge in [0.15, 0.2) is 0 Å². The summed E-state index contributed by atoms with van der Waals surface area (Å²) in [6.07, 6.45) is 1.08. The molecule has 0 aliphatic carbocycles. The Hall–Kier alpha value is -0.670. The smallest absolute Gasteiger partial charge is 0.0534 e. The second-order valence-corrected chi connectivity index (χ2v) is 5.64. The molecule has 0 amide bonds. The maximum Gasteiger partial charge on any atom is 0.0534 e. The molecule has 1 aliphatic heterocycles. The Morgan fingerprint density at radius 1 is 1.44 bits per heavy atom. The highest BCUT2D eigenvalue weighted by atomic mass is 32.2. The summed E-state index contributed by atoms with van der Waals surface area (Å²) in [4.78, 5) is 3.83. The van der Waals surface area contributed by atoms with Crippen LogP contribution in [0.3, 0.4) is 0 Å². The lowest BCUT2D eigenvalue weighted by Gasteiger charge is -2.37. The van der Waals surface area contributed by atoms with Gasteiger partial charge in [0.1, 0.15) is 0 Å². The van der Waals surface area contributed by atoms with Crippen LogP contribution in [0.25, 0.3) is 0 Å². The first-order valence-electron chi connectivity index (χ1n) is 5.80. The number of hydrogen-bond donors (Lipinski definition) is 1. The molecule has 1 unspecified atom stereocenters. The maximum absolute atomic E-state index is 5.67. The third-order valence-corrected chi connectivity index (χ3v) is 4.42. The number of hydrogen-bond acceptors (Lipinski definition) is 3. The molecule has 1 aromatic rings. The summed E-state index contributed by atoms with van der Waals surface area (Å²) in [7, 11) is 2.20. The summed E-state index contributed by atoms with van der Waals surface area (Å²) in [5.41, 5.74) is 9.81. The Morgan fingerprint density at radius 3 is 2.88 bits per heavy atom. The van der Waals surface area contributed by atoms with Crippen molar-refractivity contribution in [2.75, 3.05) is 24.2 Å². The molecule has 0 saturated carbocycles. The standard InChI is InChI=1S/C13H20N2S/c1-9-6-10(2)13-12(7-9)16-8-11(4-5-14)15(13)3/h6-7,11H,4-5,8,14H2,1-3H3. The van der Waals surface area contributed by atoms with E-state index in [2.05, 4.69) is 37.9 Å². The first kappa shape index (κ1) is 11.8. The van der Waals surface area contributed by atoms with Crippen molar-refractivity contribution in [2.24, 2.45) is 5.73 Å². The summed E-state index contributed by atoms with van der Waals surface area (Å²) in [5, 5.41) is 0. The molecule has 1 atom stereocenters. The molecule has 0 aromatic heterocycles. The van der Waals surface area contributed by atoms with Crippen LogP contribution in [0.1, 0.15) is 17.5 Å². The summed E-state index contributed by atoms with van der Waals surface area (Å²) in [6, 6.07) is 5.15. The van der Waals surface area contributed by atoms with Gasteiger partial charge < -0.3 is 10.6 Å². The minimum atomic E-state index is 0.587. The van der Waals surface area contributed by atoms with Gasteiger partial charge in [0.25, 0.3) is 0 Å². The number of thioether (sulfide) groups is 1. The van der Waals surface area contributed by atoms with Crippen LogP contribution in [0, 0.1) is 13.8 Å². The normalized spacial score (nSPS) is 19.8. The number of anilines is 1. The third-order valence-electron chi connectivity index (χ3n) is 3.24. The van der Waals surface area contributed by atoms with Crippen LogP contribution in [-0.2, 0) is 0 Å².